The van der Waals surface area contributed by atoms with E-state index in [1.165, 1.54) is 5.56 Å². The number of fused-ring (bicyclic) bond motifs is 1. The summed E-state index contributed by atoms with van der Waals surface area (Å²) < 4.78 is 1.90. The van der Waals surface area contributed by atoms with Gasteiger partial charge in [-0.2, -0.15) is 5.10 Å². The predicted octanol–water partition coefficient (Wildman–Crippen LogP) is 1.94. The van der Waals surface area contributed by atoms with Crippen LogP contribution in [0.25, 0.3) is 0 Å². The highest BCUT2D eigenvalue weighted by atomic mass is 16.2. The van der Waals surface area contributed by atoms with Gasteiger partial charge in [-0.15, -0.1) is 0 Å². The van der Waals surface area contributed by atoms with Crippen molar-refractivity contribution in [3.8, 4) is 0 Å². The third kappa shape index (κ3) is 4.24. The molecular formula is C24H33N5O2. The van der Waals surface area contributed by atoms with Crippen LogP contribution >= 0.6 is 0 Å². The molecule has 0 saturated carbocycles. The fourth-order valence-corrected chi connectivity index (χ4v) is 5.33. The van der Waals surface area contributed by atoms with Crippen molar-refractivity contribution in [1.82, 2.24) is 24.5 Å². The molecule has 2 amide bonds. The van der Waals surface area contributed by atoms with Gasteiger partial charge in [-0.1, -0.05) is 30.3 Å². The van der Waals surface area contributed by atoms with E-state index in [9.17, 15) is 9.59 Å². The zero-order chi connectivity index (χ0) is 22.2. The molecule has 4 rings (SSSR count). The molecule has 0 N–H and O–H groups in total. The van der Waals surface area contributed by atoms with E-state index in [0.717, 1.165) is 24.5 Å². The lowest BCUT2D eigenvalue weighted by atomic mass is 9.80. The first-order chi connectivity index (χ1) is 14.8. The Morgan fingerprint density at radius 3 is 2.52 bits per heavy atom. The quantitative estimate of drug-likeness (QED) is 0.713. The number of aromatic nitrogens is 2. The average molecular weight is 424 g/mol. The van der Waals surface area contributed by atoms with Crippen LogP contribution in [0.3, 0.4) is 0 Å². The predicted molar refractivity (Wildman–Crippen MR) is 119 cm³/mol. The van der Waals surface area contributed by atoms with Gasteiger partial charge < -0.3 is 9.80 Å². The molecule has 0 spiro atoms. The van der Waals surface area contributed by atoms with Gasteiger partial charge >= 0.3 is 0 Å². The molecule has 7 nitrogen and oxygen atoms in total. The number of hydrogen-bond donors (Lipinski definition) is 0. The van der Waals surface area contributed by atoms with Crippen molar-refractivity contribution in [1.29, 1.82) is 0 Å². The first-order valence-corrected chi connectivity index (χ1v) is 11.1. The Labute approximate surface area is 184 Å². The maximum absolute atomic E-state index is 13.3. The van der Waals surface area contributed by atoms with Gasteiger partial charge in [0, 0.05) is 71.4 Å². The second-order valence-corrected chi connectivity index (χ2v) is 9.38. The molecule has 166 valence electrons. The molecule has 2 aliphatic heterocycles. The largest absolute Gasteiger partial charge is 0.348 e. The van der Waals surface area contributed by atoms with Gasteiger partial charge in [0.25, 0.3) is 0 Å². The highest BCUT2D eigenvalue weighted by Crippen LogP contribution is 2.44. The van der Waals surface area contributed by atoms with Crippen molar-refractivity contribution >= 4 is 11.8 Å². The first kappa shape index (κ1) is 21.6. The molecule has 0 aliphatic carbocycles. The third-order valence-corrected chi connectivity index (χ3v) is 6.75. The molecule has 31 heavy (non-hydrogen) atoms. The molecule has 2 aromatic rings. The number of hydrogen-bond acceptors (Lipinski definition) is 4. The highest BCUT2D eigenvalue weighted by molar-refractivity contribution is 5.86. The number of nitrogens with zero attached hydrogens (tertiary/aromatic N) is 5. The van der Waals surface area contributed by atoms with E-state index in [1.54, 1.807) is 4.90 Å². The van der Waals surface area contributed by atoms with Crippen LogP contribution in [0, 0.1) is 25.2 Å². The van der Waals surface area contributed by atoms with Crippen LogP contribution in [-0.2, 0) is 22.7 Å². The molecule has 3 heterocycles. The minimum Gasteiger partial charge on any atom is -0.348 e. The third-order valence-electron chi connectivity index (χ3n) is 6.75. The fourth-order valence-electron chi connectivity index (χ4n) is 5.33. The SMILES string of the molecule is Cc1cc(C)n(CCC(=O)N2CC3CN(Cc4ccccc4)CC3(C(=O)N(C)C)C2)n1. The van der Waals surface area contributed by atoms with Crippen LogP contribution in [0.15, 0.2) is 36.4 Å². The number of carbonyl (C=O) groups is 2. The lowest BCUT2D eigenvalue weighted by molar-refractivity contribution is -0.140. The van der Waals surface area contributed by atoms with E-state index >= 15 is 0 Å². The van der Waals surface area contributed by atoms with E-state index in [1.807, 2.05) is 49.7 Å². The van der Waals surface area contributed by atoms with Crippen molar-refractivity contribution in [3.05, 3.63) is 53.3 Å². The Balaban J connectivity index is 1.44. The molecule has 0 bridgehead atoms. The summed E-state index contributed by atoms with van der Waals surface area (Å²) in [4.78, 5) is 32.3. The first-order valence-electron chi connectivity index (χ1n) is 11.1. The van der Waals surface area contributed by atoms with Crippen LogP contribution in [-0.4, -0.2) is 76.6 Å². The molecule has 1 aromatic heterocycles. The highest BCUT2D eigenvalue weighted by Gasteiger charge is 2.58. The van der Waals surface area contributed by atoms with Gasteiger partial charge in [0.2, 0.25) is 11.8 Å². The van der Waals surface area contributed by atoms with Crippen LogP contribution < -0.4 is 0 Å². The van der Waals surface area contributed by atoms with E-state index in [2.05, 4.69) is 34.3 Å². The van der Waals surface area contributed by atoms with E-state index in [-0.39, 0.29) is 17.7 Å². The van der Waals surface area contributed by atoms with Gasteiger partial charge in [0.15, 0.2) is 0 Å². The standard InChI is InChI=1S/C24H33N5O2/c1-18-12-19(2)29(25-18)11-10-22(30)28-15-21-14-27(13-20-8-6-5-7-9-20)16-24(21,17-28)23(31)26(3)4/h5-9,12,21H,10-11,13-17H2,1-4H3. The van der Waals surface area contributed by atoms with E-state index < -0.39 is 5.41 Å². The Bertz CT molecular complexity index is 954. The minimum atomic E-state index is -0.508. The van der Waals surface area contributed by atoms with Crippen LogP contribution in [0.5, 0.6) is 0 Å². The molecule has 2 aliphatic rings. The normalized spacial score (nSPS) is 23.2. The summed E-state index contributed by atoms with van der Waals surface area (Å²) >= 11 is 0. The number of aryl methyl sites for hydroxylation is 3. The summed E-state index contributed by atoms with van der Waals surface area (Å²) in [6.45, 7) is 8.10. The number of likely N-dealkylation sites (tertiary alicyclic amines) is 2. The maximum atomic E-state index is 13.3. The Morgan fingerprint density at radius 1 is 1.13 bits per heavy atom. The Kier molecular flexibility index (Phi) is 5.88. The smallest absolute Gasteiger partial charge is 0.231 e. The van der Waals surface area contributed by atoms with Crippen molar-refractivity contribution in [3.63, 3.8) is 0 Å². The molecule has 7 heteroatoms. The van der Waals surface area contributed by atoms with Crippen LogP contribution in [0.4, 0.5) is 0 Å². The molecule has 0 radical (unpaired) electrons. The molecule has 2 fully saturated rings. The second-order valence-electron chi connectivity index (χ2n) is 9.38. The Morgan fingerprint density at radius 2 is 1.87 bits per heavy atom. The van der Waals surface area contributed by atoms with Gasteiger partial charge in [-0.25, -0.2) is 0 Å². The minimum absolute atomic E-state index is 0.113. The van der Waals surface area contributed by atoms with E-state index in [0.29, 0.717) is 32.6 Å². The molecule has 2 unspecified atom stereocenters. The fraction of sp³-hybridized carbons (Fsp3) is 0.542. The zero-order valence-corrected chi connectivity index (χ0v) is 19.0. The summed E-state index contributed by atoms with van der Waals surface area (Å²) in [5.41, 5.74) is 2.79. The van der Waals surface area contributed by atoms with Crippen LogP contribution in [0.1, 0.15) is 23.4 Å². The van der Waals surface area contributed by atoms with Crippen LogP contribution in [0.2, 0.25) is 0 Å². The van der Waals surface area contributed by atoms with Crippen molar-refractivity contribution < 1.29 is 9.59 Å². The van der Waals surface area contributed by atoms with E-state index in [4.69, 9.17) is 0 Å². The number of rotatable bonds is 6. The monoisotopic (exact) mass is 423 g/mol. The lowest BCUT2D eigenvalue weighted by Crippen LogP contribution is -2.47. The summed E-state index contributed by atoms with van der Waals surface area (Å²) in [6, 6.07) is 12.4. The summed E-state index contributed by atoms with van der Waals surface area (Å²) in [5.74, 6) is 0.424. The zero-order valence-electron chi connectivity index (χ0n) is 19.0. The molecular weight excluding hydrogens is 390 g/mol. The summed E-state index contributed by atoms with van der Waals surface area (Å²) in [5, 5.41) is 4.46. The number of carbonyl (C=O) groups excluding carboxylic acids is 2. The lowest BCUT2D eigenvalue weighted by Gasteiger charge is -2.31. The molecule has 2 saturated heterocycles. The van der Waals surface area contributed by atoms with Crippen molar-refractivity contribution in [2.75, 3.05) is 40.3 Å². The number of benzene rings is 1. The van der Waals surface area contributed by atoms with Gasteiger partial charge in [-0.05, 0) is 25.5 Å². The average Bonchev–Trinajstić information content (AvgIpc) is 3.36. The Hall–Kier alpha value is -2.67. The van der Waals surface area contributed by atoms with Gasteiger partial charge in [-0.3, -0.25) is 19.2 Å². The topological polar surface area (TPSA) is 61.7 Å². The second kappa shape index (κ2) is 8.46. The van der Waals surface area contributed by atoms with Crippen molar-refractivity contribution in [2.45, 2.75) is 33.4 Å². The summed E-state index contributed by atoms with van der Waals surface area (Å²) in [6.07, 6.45) is 0.411. The number of amides is 2. The van der Waals surface area contributed by atoms with Gasteiger partial charge in [0.05, 0.1) is 11.1 Å². The molecule has 2 atom stereocenters. The summed E-state index contributed by atoms with van der Waals surface area (Å²) in [7, 11) is 3.64. The molecule has 1 aromatic carbocycles. The maximum Gasteiger partial charge on any atom is 0.231 e. The van der Waals surface area contributed by atoms with Crippen molar-refractivity contribution in [2.24, 2.45) is 11.3 Å². The van der Waals surface area contributed by atoms with Gasteiger partial charge in [0.1, 0.15) is 0 Å².